The van der Waals surface area contributed by atoms with Gasteiger partial charge < -0.3 is 34.2 Å². The Bertz CT molecular complexity index is 2450. The maximum atomic E-state index is 14.2. The first-order chi connectivity index (χ1) is 32.3. The molecule has 3 saturated heterocycles. The molecule has 0 aliphatic carbocycles. The van der Waals surface area contributed by atoms with Crippen molar-refractivity contribution in [2.75, 3.05) is 39.4 Å². The molecule has 13 nitrogen and oxygen atoms in total. The second-order valence-corrected chi connectivity index (χ2v) is 20.3. The van der Waals surface area contributed by atoms with E-state index in [9.17, 15) is 18.4 Å². The van der Waals surface area contributed by atoms with Crippen LogP contribution in [-0.2, 0) is 14.2 Å². The first-order valence-corrected chi connectivity index (χ1v) is 24.1. The van der Waals surface area contributed by atoms with E-state index in [1.807, 2.05) is 67.2 Å². The Labute approximate surface area is 425 Å². The summed E-state index contributed by atoms with van der Waals surface area (Å²) in [6.07, 6.45) is 1.98. The SMILES string of the molecule is C1CCOC1.C[C@@H]1CN(C(=N)c2cc(Cl)c(-c3ccccc3F)nc2Cl)[C@@H](C)CN1C(=O)OC(C)(C)C.C[C@@H]1CN[C@@H](C)CN1C(=O)OC(C)(C)C.[C-]#[N+]c1cc(Cl)c(-c2ccccc2F)nc1Cl. The van der Waals surface area contributed by atoms with Crippen LogP contribution < -0.4 is 5.32 Å². The van der Waals surface area contributed by atoms with Crippen molar-refractivity contribution in [1.82, 2.24) is 30.0 Å². The summed E-state index contributed by atoms with van der Waals surface area (Å²) < 4.78 is 43.6. The van der Waals surface area contributed by atoms with Crippen LogP contribution in [0.4, 0.5) is 24.1 Å². The van der Waals surface area contributed by atoms with E-state index in [1.165, 1.54) is 31.0 Å². The van der Waals surface area contributed by atoms with Gasteiger partial charge in [-0.3, -0.25) is 5.41 Å². The Hall–Kier alpha value is -4.82. The summed E-state index contributed by atoms with van der Waals surface area (Å²) >= 11 is 24.6. The first kappa shape index (κ1) is 56.8. The van der Waals surface area contributed by atoms with Gasteiger partial charge in [-0.1, -0.05) is 70.7 Å². The van der Waals surface area contributed by atoms with E-state index in [0.717, 1.165) is 26.3 Å². The molecule has 0 spiro atoms. The van der Waals surface area contributed by atoms with Gasteiger partial charge in [-0.25, -0.2) is 33.2 Å². The van der Waals surface area contributed by atoms with Gasteiger partial charge in [0.25, 0.3) is 0 Å². The molecule has 2 aromatic heterocycles. The molecular formula is C50H62Cl4F2N8O5. The predicted molar refractivity (Wildman–Crippen MR) is 271 cm³/mol. The molecule has 0 saturated carbocycles. The lowest BCUT2D eigenvalue weighted by Crippen LogP contribution is -2.60. The van der Waals surface area contributed by atoms with Crippen molar-refractivity contribution in [3.63, 3.8) is 0 Å². The fourth-order valence-electron chi connectivity index (χ4n) is 7.13. The van der Waals surface area contributed by atoms with Gasteiger partial charge in [0.1, 0.15) is 39.0 Å². The summed E-state index contributed by atoms with van der Waals surface area (Å²) in [6.45, 7) is 30.3. The molecule has 2 N–H and O–H groups in total. The molecule has 5 heterocycles. The Morgan fingerprint density at radius 1 is 0.725 bits per heavy atom. The average molecular weight is 1030 g/mol. The van der Waals surface area contributed by atoms with E-state index in [-0.39, 0.29) is 84.7 Å². The third kappa shape index (κ3) is 16.6. The van der Waals surface area contributed by atoms with Crippen molar-refractivity contribution >= 4 is 70.1 Å². The lowest BCUT2D eigenvalue weighted by atomic mass is 10.1. The number of hydrogen-bond donors (Lipinski definition) is 2. The van der Waals surface area contributed by atoms with Gasteiger partial charge in [0.05, 0.1) is 33.6 Å². The molecule has 7 rings (SSSR count). The number of amidine groups is 1. The van der Waals surface area contributed by atoms with Crippen LogP contribution >= 0.6 is 46.4 Å². The van der Waals surface area contributed by atoms with Crippen LogP contribution in [0.15, 0.2) is 60.7 Å². The second-order valence-electron chi connectivity index (χ2n) is 18.8. The number of ether oxygens (including phenoxy) is 3. The maximum Gasteiger partial charge on any atom is 0.410 e. The van der Waals surface area contributed by atoms with Gasteiger partial charge in [-0.15, -0.1) is 0 Å². The summed E-state index contributed by atoms with van der Waals surface area (Å²) in [4.78, 5) is 41.1. The van der Waals surface area contributed by atoms with Gasteiger partial charge in [-0.05, 0) is 118 Å². The minimum absolute atomic E-state index is 0.0163. The second kappa shape index (κ2) is 25.3. The Kier molecular flexibility index (Phi) is 20.8. The summed E-state index contributed by atoms with van der Waals surface area (Å²) in [5, 5.41) is 12.6. The van der Waals surface area contributed by atoms with Crippen molar-refractivity contribution in [3.8, 4) is 22.5 Å². The lowest BCUT2D eigenvalue weighted by Gasteiger charge is -2.45. The Morgan fingerprint density at radius 3 is 1.64 bits per heavy atom. The molecule has 2 amide bonds. The van der Waals surface area contributed by atoms with E-state index in [4.69, 9.17) is 72.6 Å². The van der Waals surface area contributed by atoms with E-state index >= 15 is 0 Å². The van der Waals surface area contributed by atoms with Crippen LogP contribution in [-0.4, -0.2) is 117 Å². The molecule has 2 aromatic carbocycles. The zero-order valence-electron chi connectivity index (χ0n) is 40.7. The Balaban J connectivity index is 0.000000233. The van der Waals surface area contributed by atoms with Gasteiger partial charge in [0, 0.05) is 74.7 Å². The van der Waals surface area contributed by atoms with Crippen LogP contribution in [0.3, 0.4) is 0 Å². The molecule has 3 fully saturated rings. The predicted octanol–water partition coefficient (Wildman–Crippen LogP) is 13.0. The van der Waals surface area contributed by atoms with Gasteiger partial charge in [-0.2, -0.15) is 0 Å². The number of aromatic nitrogens is 2. The number of carbonyl (C=O) groups excluding carboxylic acids is 2. The van der Waals surface area contributed by atoms with Gasteiger partial charge >= 0.3 is 12.2 Å². The highest BCUT2D eigenvalue weighted by molar-refractivity contribution is 6.37. The topological polar surface area (TPSA) is 138 Å². The smallest absolute Gasteiger partial charge is 0.410 e. The molecule has 0 radical (unpaired) electrons. The zero-order chi connectivity index (χ0) is 51.4. The number of rotatable bonds is 3. The van der Waals surface area contributed by atoms with Crippen LogP contribution in [0.2, 0.25) is 20.4 Å². The number of piperazine rings is 2. The normalized spacial score (nSPS) is 19.1. The molecule has 69 heavy (non-hydrogen) atoms. The van der Waals surface area contributed by atoms with Gasteiger partial charge in [0.2, 0.25) is 5.69 Å². The number of nitrogens with zero attached hydrogens (tertiary/aromatic N) is 6. The summed E-state index contributed by atoms with van der Waals surface area (Å²) in [6, 6.07) is 15.4. The van der Waals surface area contributed by atoms with Crippen molar-refractivity contribution < 1.29 is 32.6 Å². The summed E-state index contributed by atoms with van der Waals surface area (Å²) in [7, 11) is 0. The molecule has 19 heteroatoms. The maximum absolute atomic E-state index is 14.2. The molecule has 3 aliphatic rings. The number of nitrogens with one attached hydrogen (secondary N) is 2. The number of pyridine rings is 2. The lowest BCUT2D eigenvalue weighted by molar-refractivity contribution is 0.000323. The zero-order valence-corrected chi connectivity index (χ0v) is 43.8. The number of amides is 2. The number of halogens is 6. The summed E-state index contributed by atoms with van der Waals surface area (Å²) in [5.74, 6) is -0.747. The highest BCUT2D eigenvalue weighted by atomic mass is 35.5. The quantitative estimate of drug-likeness (QED) is 0.0889. The average Bonchev–Trinajstić information content (AvgIpc) is 3.87. The fraction of sp³-hybridized carbons (Fsp3) is 0.480. The van der Waals surface area contributed by atoms with Crippen LogP contribution in [0.1, 0.15) is 87.6 Å². The first-order valence-electron chi connectivity index (χ1n) is 22.6. The molecule has 3 aliphatic heterocycles. The molecule has 0 bridgehead atoms. The number of hydrogen-bond acceptors (Lipinski definition) is 9. The third-order valence-electron chi connectivity index (χ3n) is 10.6. The highest BCUT2D eigenvalue weighted by Crippen LogP contribution is 2.36. The van der Waals surface area contributed by atoms with Crippen molar-refractivity contribution in [1.29, 1.82) is 5.41 Å². The molecule has 374 valence electrons. The van der Waals surface area contributed by atoms with Crippen molar-refractivity contribution in [3.05, 3.63) is 110 Å². The molecule has 4 aromatic rings. The van der Waals surface area contributed by atoms with E-state index < -0.39 is 22.8 Å². The van der Waals surface area contributed by atoms with Crippen molar-refractivity contribution in [2.45, 2.75) is 117 Å². The minimum atomic E-state index is -0.584. The van der Waals surface area contributed by atoms with Crippen LogP contribution in [0, 0.1) is 23.6 Å². The largest absolute Gasteiger partial charge is 0.444 e. The number of benzene rings is 2. The standard InChI is InChI=1S/C23H27Cl2FN4O2.C12H5Cl2FN2.C11H22N2O2.C4H8O/c1-13-12-30(22(31)32-23(3,4)5)14(2)11-29(13)21(27)16-10-17(24)19(28-20(16)25)15-8-6-7-9-18(15)26;1-16-10-6-8(13)11(17-12(10)14)7-4-2-3-5-9(7)15;1-8-7-13(9(2)6-12-8)10(14)15-11(3,4)5;1-2-4-5-3-1/h6-10,13-14,27H,11-12H2,1-5H3;2-6H;8-9,12H,6-7H2,1-5H3;1-4H2/t13-,14+;;8-,9+;/m0.0./s1. The van der Waals surface area contributed by atoms with Crippen LogP contribution in [0.25, 0.3) is 27.4 Å². The molecule has 0 unspecified atom stereocenters. The van der Waals surface area contributed by atoms with E-state index in [2.05, 4.69) is 27.1 Å². The van der Waals surface area contributed by atoms with Crippen molar-refractivity contribution in [2.24, 2.45) is 0 Å². The number of carbonyl (C=O) groups is 2. The fourth-order valence-corrected chi connectivity index (χ4v) is 8.04. The Morgan fingerprint density at radius 2 is 1.17 bits per heavy atom. The van der Waals surface area contributed by atoms with E-state index in [1.54, 1.807) is 52.3 Å². The minimum Gasteiger partial charge on any atom is -0.444 e. The summed E-state index contributed by atoms with van der Waals surface area (Å²) in [5.41, 5.74) is 0.467. The molecular weight excluding hydrogens is 972 g/mol. The monoisotopic (exact) mass is 1030 g/mol. The third-order valence-corrected chi connectivity index (χ3v) is 11.7. The van der Waals surface area contributed by atoms with E-state index in [0.29, 0.717) is 24.7 Å². The van der Waals surface area contributed by atoms with Gasteiger partial charge in [0.15, 0.2) is 0 Å². The van der Waals surface area contributed by atoms with Crippen LogP contribution in [0.5, 0.6) is 0 Å². The molecule has 4 atom stereocenters. The highest BCUT2D eigenvalue weighted by Gasteiger charge is 2.36.